The van der Waals surface area contributed by atoms with Gasteiger partial charge in [-0.15, -0.1) is 0 Å². The summed E-state index contributed by atoms with van der Waals surface area (Å²) < 4.78 is 5.47. The fraction of sp³-hybridized carbons (Fsp3) is 0.568. The van der Waals surface area contributed by atoms with Crippen molar-refractivity contribution in [2.45, 2.75) is 122 Å². The monoisotopic (exact) mass is 646 g/mol. The number of hydrogen-bond donors (Lipinski definition) is 3. The molecule has 2 aromatic rings. The number of ether oxygens (including phenoxy) is 1. The highest BCUT2D eigenvalue weighted by Crippen LogP contribution is 2.33. The Morgan fingerprint density at radius 3 is 2.40 bits per heavy atom. The molecule has 0 saturated heterocycles. The van der Waals surface area contributed by atoms with Gasteiger partial charge in [0.05, 0.1) is 6.04 Å². The Labute approximate surface area is 278 Å². The second kappa shape index (κ2) is 14.4. The summed E-state index contributed by atoms with van der Waals surface area (Å²) in [6.45, 7) is 7.03. The summed E-state index contributed by atoms with van der Waals surface area (Å²) in [6.07, 6.45) is 6.91. The van der Waals surface area contributed by atoms with Gasteiger partial charge in [0.1, 0.15) is 29.5 Å². The van der Waals surface area contributed by atoms with E-state index in [1.165, 1.54) is 17.5 Å². The first-order valence-electron chi connectivity index (χ1n) is 17.1. The van der Waals surface area contributed by atoms with Crippen molar-refractivity contribution < 1.29 is 29.0 Å². The second-order valence-electron chi connectivity index (χ2n) is 14.4. The molecule has 1 heterocycles. The van der Waals surface area contributed by atoms with Crippen molar-refractivity contribution in [1.82, 2.24) is 20.4 Å². The van der Waals surface area contributed by atoms with Crippen LogP contribution in [0, 0.1) is 5.92 Å². The van der Waals surface area contributed by atoms with Crippen LogP contribution in [0.3, 0.4) is 0 Å². The number of benzene rings is 2. The van der Waals surface area contributed by atoms with Gasteiger partial charge in [-0.3, -0.25) is 19.3 Å². The van der Waals surface area contributed by atoms with Gasteiger partial charge in [0.15, 0.2) is 0 Å². The molecular formula is C37H50N4O6. The van der Waals surface area contributed by atoms with Crippen LogP contribution in [0.5, 0.6) is 5.75 Å². The Morgan fingerprint density at radius 2 is 1.68 bits per heavy atom. The van der Waals surface area contributed by atoms with Crippen molar-refractivity contribution in [3.63, 3.8) is 0 Å². The molecular weight excluding hydrogens is 596 g/mol. The summed E-state index contributed by atoms with van der Waals surface area (Å²) in [5.41, 5.74) is 3.30. The molecule has 0 radical (unpaired) electrons. The molecule has 254 valence electrons. The molecule has 47 heavy (non-hydrogen) atoms. The van der Waals surface area contributed by atoms with Crippen LogP contribution in [0.4, 0.5) is 4.79 Å². The zero-order chi connectivity index (χ0) is 33.9. The lowest BCUT2D eigenvalue weighted by Gasteiger charge is -2.41. The predicted molar refractivity (Wildman–Crippen MR) is 178 cm³/mol. The molecule has 0 bridgehead atoms. The number of hydrogen-bond acceptors (Lipinski definition) is 6. The quantitative estimate of drug-likeness (QED) is 0.381. The molecule has 1 saturated carbocycles. The Bertz CT molecular complexity index is 1480. The second-order valence-corrected chi connectivity index (χ2v) is 14.4. The van der Waals surface area contributed by atoms with Crippen molar-refractivity contribution >= 4 is 23.8 Å². The molecule has 2 aromatic carbocycles. The number of fused-ring (bicyclic) bond motifs is 2. The van der Waals surface area contributed by atoms with Gasteiger partial charge in [0.25, 0.3) is 0 Å². The topological polar surface area (TPSA) is 128 Å². The van der Waals surface area contributed by atoms with Crippen molar-refractivity contribution in [1.29, 1.82) is 0 Å². The van der Waals surface area contributed by atoms with Gasteiger partial charge < -0.3 is 25.4 Å². The summed E-state index contributed by atoms with van der Waals surface area (Å²) in [6, 6.07) is 10.5. The number of nitrogens with one attached hydrogen (secondary N) is 2. The first kappa shape index (κ1) is 34.3. The standard InChI is InChI=1S/C37H50N4O6/c1-23(40(5)36(46)47-37(2,3)4)33(43)39-32(25-13-7-6-8-14-25)35(45)41-22-27-20-28(42)19-18-26(27)21-31(41)34(44)38-30-17-11-15-24-12-9-10-16-29(24)30/h9-10,12,16,18-20,23,25,30-32,42H,6-8,11,13-15,17,21-22H2,1-5H3,(H,38,44)(H,39,43)/t23-,30-,31+,32-/m0/s1. The third kappa shape index (κ3) is 8.08. The number of aromatic hydroxyl groups is 1. The smallest absolute Gasteiger partial charge is 0.410 e. The van der Waals surface area contributed by atoms with Gasteiger partial charge >= 0.3 is 6.09 Å². The maximum absolute atomic E-state index is 14.7. The van der Waals surface area contributed by atoms with E-state index in [0.717, 1.165) is 68.1 Å². The minimum atomic E-state index is -0.895. The van der Waals surface area contributed by atoms with E-state index >= 15 is 0 Å². The third-order valence-electron chi connectivity index (χ3n) is 9.92. The minimum Gasteiger partial charge on any atom is -0.508 e. The van der Waals surface area contributed by atoms with Crippen LogP contribution in [-0.2, 0) is 38.5 Å². The van der Waals surface area contributed by atoms with Crippen LogP contribution in [0.25, 0.3) is 0 Å². The lowest BCUT2D eigenvalue weighted by molar-refractivity contribution is -0.146. The summed E-state index contributed by atoms with van der Waals surface area (Å²) in [5.74, 6) is -1.04. The Morgan fingerprint density at radius 1 is 0.957 bits per heavy atom. The lowest BCUT2D eigenvalue weighted by atomic mass is 9.82. The van der Waals surface area contributed by atoms with Gasteiger partial charge in [0.2, 0.25) is 17.7 Å². The molecule has 0 aromatic heterocycles. The normalized spacial score (nSPS) is 21.0. The average Bonchev–Trinajstić information content (AvgIpc) is 3.05. The molecule has 10 nitrogen and oxygen atoms in total. The average molecular weight is 647 g/mol. The Balaban J connectivity index is 1.42. The van der Waals surface area contributed by atoms with E-state index in [-0.39, 0.29) is 36.1 Å². The van der Waals surface area contributed by atoms with Crippen LogP contribution >= 0.6 is 0 Å². The molecule has 0 spiro atoms. The third-order valence-corrected chi connectivity index (χ3v) is 9.92. The first-order chi connectivity index (χ1) is 22.3. The lowest BCUT2D eigenvalue weighted by Crippen LogP contribution is -2.61. The number of amides is 4. The number of carbonyl (C=O) groups excluding carboxylic acids is 4. The Kier molecular flexibility index (Phi) is 10.5. The highest BCUT2D eigenvalue weighted by molar-refractivity contribution is 5.94. The van der Waals surface area contributed by atoms with Crippen molar-refractivity contribution in [3.8, 4) is 5.75 Å². The van der Waals surface area contributed by atoms with Crippen LogP contribution in [-0.4, -0.2) is 69.5 Å². The van der Waals surface area contributed by atoms with Crippen LogP contribution in [0.15, 0.2) is 42.5 Å². The van der Waals surface area contributed by atoms with Crippen molar-refractivity contribution in [2.24, 2.45) is 5.92 Å². The SMILES string of the molecule is C[C@@H](C(=O)N[C@H](C(=O)N1Cc2cc(O)ccc2C[C@@H]1C(=O)N[C@H]1CCCc2ccccc21)C1CCCCC1)N(C)C(=O)OC(C)(C)C. The number of likely N-dealkylation sites (N-methyl/N-ethyl adjacent to an activating group) is 1. The van der Waals surface area contributed by atoms with Crippen LogP contribution < -0.4 is 10.6 Å². The molecule has 2 aliphatic carbocycles. The van der Waals surface area contributed by atoms with E-state index in [0.29, 0.717) is 6.42 Å². The Hall–Kier alpha value is -4.08. The molecule has 4 atom stereocenters. The van der Waals surface area contributed by atoms with Gasteiger partial charge in [-0.05, 0) is 100 Å². The molecule has 0 unspecified atom stereocenters. The van der Waals surface area contributed by atoms with Gasteiger partial charge in [-0.25, -0.2) is 4.79 Å². The van der Waals surface area contributed by atoms with Gasteiger partial charge in [-0.2, -0.15) is 0 Å². The maximum Gasteiger partial charge on any atom is 0.410 e. The largest absolute Gasteiger partial charge is 0.508 e. The number of phenolic OH excluding ortho intramolecular Hbond substituents is 1. The highest BCUT2D eigenvalue weighted by atomic mass is 16.6. The number of carbonyl (C=O) groups is 4. The molecule has 10 heteroatoms. The van der Waals surface area contributed by atoms with E-state index < -0.39 is 35.7 Å². The van der Waals surface area contributed by atoms with E-state index in [2.05, 4.69) is 22.8 Å². The highest BCUT2D eigenvalue weighted by Gasteiger charge is 2.42. The zero-order valence-electron chi connectivity index (χ0n) is 28.4. The number of aryl methyl sites for hydroxylation is 1. The molecule has 5 rings (SSSR count). The molecule has 4 amide bonds. The predicted octanol–water partition coefficient (Wildman–Crippen LogP) is 5.16. The fourth-order valence-corrected chi connectivity index (χ4v) is 7.18. The van der Waals surface area contributed by atoms with Crippen LogP contribution in [0.1, 0.15) is 101 Å². The van der Waals surface area contributed by atoms with E-state index in [4.69, 9.17) is 4.74 Å². The first-order valence-corrected chi connectivity index (χ1v) is 17.1. The number of rotatable bonds is 7. The van der Waals surface area contributed by atoms with E-state index in [1.54, 1.807) is 44.7 Å². The summed E-state index contributed by atoms with van der Waals surface area (Å²) in [5, 5.41) is 16.6. The molecule has 1 aliphatic heterocycles. The maximum atomic E-state index is 14.7. The van der Waals surface area contributed by atoms with Crippen molar-refractivity contribution in [2.75, 3.05) is 7.05 Å². The summed E-state index contributed by atoms with van der Waals surface area (Å²) >= 11 is 0. The minimum absolute atomic E-state index is 0.0917. The molecule has 3 N–H and O–H groups in total. The number of phenols is 1. The number of nitrogens with zero attached hydrogens (tertiary/aromatic N) is 2. The fourth-order valence-electron chi connectivity index (χ4n) is 7.18. The summed E-state index contributed by atoms with van der Waals surface area (Å²) in [7, 11) is 1.51. The van der Waals surface area contributed by atoms with Gasteiger partial charge in [0, 0.05) is 20.0 Å². The molecule has 1 fully saturated rings. The van der Waals surface area contributed by atoms with Gasteiger partial charge in [-0.1, -0.05) is 49.6 Å². The molecule has 3 aliphatic rings. The van der Waals surface area contributed by atoms with E-state index in [9.17, 15) is 24.3 Å². The summed E-state index contributed by atoms with van der Waals surface area (Å²) in [4.78, 5) is 58.2. The van der Waals surface area contributed by atoms with Crippen LogP contribution in [0.2, 0.25) is 0 Å². The van der Waals surface area contributed by atoms with Crippen molar-refractivity contribution in [3.05, 3.63) is 64.7 Å². The zero-order valence-corrected chi connectivity index (χ0v) is 28.4. The van der Waals surface area contributed by atoms with E-state index in [1.807, 2.05) is 18.2 Å².